The molecule has 2 nitrogen and oxygen atoms in total. The number of allylic oxidation sites excluding steroid dienone is 1. The third-order valence-electron chi connectivity index (χ3n) is 3.51. The second kappa shape index (κ2) is 5.15. The van der Waals surface area contributed by atoms with Crippen LogP contribution in [0.4, 0.5) is 0 Å². The van der Waals surface area contributed by atoms with Gasteiger partial charge in [0.25, 0.3) is 0 Å². The summed E-state index contributed by atoms with van der Waals surface area (Å²) in [7, 11) is 1.70. The number of benzene rings is 1. The van der Waals surface area contributed by atoms with Crippen molar-refractivity contribution in [1.82, 2.24) is 0 Å². The van der Waals surface area contributed by atoms with Crippen LogP contribution in [0.3, 0.4) is 0 Å². The Morgan fingerprint density at radius 1 is 1.33 bits per heavy atom. The van der Waals surface area contributed by atoms with Crippen LogP contribution in [0.1, 0.15) is 32.3 Å². The van der Waals surface area contributed by atoms with Crippen LogP contribution in [0.15, 0.2) is 35.9 Å². The molecule has 1 aromatic carbocycles. The molecule has 0 heterocycles. The Hall–Kier alpha value is -1.28. The zero-order chi connectivity index (χ0) is 13.2. The van der Waals surface area contributed by atoms with Gasteiger partial charge >= 0.3 is 0 Å². The van der Waals surface area contributed by atoms with E-state index in [9.17, 15) is 5.11 Å². The second-order valence-electron chi connectivity index (χ2n) is 5.93. The molecule has 1 N–H and O–H groups in total. The molecule has 0 radical (unpaired) electrons. The summed E-state index contributed by atoms with van der Waals surface area (Å²) in [4.78, 5) is 0. The van der Waals surface area contributed by atoms with Crippen LogP contribution in [-0.4, -0.2) is 18.3 Å². The maximum absolute atomic E-state index is 9.91. The van der Waals surface area contributed by atoms with Crippen LogP contribution < -0.4 is 4.74 Å². The highest BCUT2D eigenvalue weighted by atomic mass is 16.5. The molecule has 1 aromatic rings. The SMILES string of the molecule is COc1ccccc1CC1=CC(O)CC(C)(C)C1. The first-order valence-electron chi connectivity index (χ1n) is 6.50. The maximum Gasteiger partial charge on any atom is 0.122 e. The number of aliphatic hydroxyl groups is 1. The average Bonchev–Trinajstić information content (AvgIpc) is 2.27. The highest BCUT2D eigenvalue weighted by Crippen LogP contribution is 2.37. The minimum absolute atomic E-state index is 0.186. The molecule has 0 spiro atoms. The molecule has 0 bridgehead atoms. The van der Waals surface area contributed by atoms with Crippen molar-refractivity contribution in [3.63, 3.8) is 0 Å². The van der Waals surface area contributed by atoms with Gasteiger partial charge in [-0.3, -0.25) is 0 Å². The van der Waals surface area contributed by atoms with Gasteiger partial charge in [0.15, 0.2) is 0 Å². The Morgan fingerprint density at radius 2 is 2.06 bits per heavy atom. The lowest BCUT2D eigenvalue weighted by Gasteiger charge is -2.32. The van der Waals surface area contributed by atoms with E-state index in [4.69, 9.17) is 4.74 Å². The van der Waals surface area contributed by atoms with Gasteiger partial charge in [-0.1, -0.05) is 43.7 Å². The summed E-state index contributed by atoms with van der Waals surface area (Å²) in [5, 5.41) is 9.91. The van der Waals surface area contributed by atoms with Gasteiger partial charge in [0.05, 0.1) is 13.2 Å². The highest BCUT2D eigenvalue weighted by molar-refractivity contribution is 5.37. The molecule has 0 aliphatic heterocycles. The number of aliphatic hydroxyl groups excluding tert-OH is 1. The second-order valence-corrected chi connectivity index (χ2v) is 5.93. The van der Waals surface area contributed by atoms with Crippen molar-refractivity contribution in [2.45, 2.75) is 39.2 Å². The molecule has 1 unspecified atom stereocenters. The van der Waals surface area contributed by atoms with Crippen molar-refractivity contribution < 1.29 is 9.84 Å². The number of rotatable bonds is 3. The Labute approximate surface area is 109 Å². The zero-order valence-corrected chi connectivity index (χ0v) is 11.4. The lowest BCUT2D eigenvalue weighted by atomic mass is 9.75. The summed E-state index contributed by atoms with van der Waals surface area (Å²) in [6.45, 7) is 4.43. The van der Waals surface area contributed by atoms with E-state index >= 15 is 0 Å². The summed E-state index contributed by atoms with van der Waals surface area (Å²) in [5.41, 5.74) is 2.69. The number of methoxy groups -OCH3 is 1. The third kappa shape index (κ3) is 3.14. The molecular weight excluding hydrogens is 224 g/mol. The van der Waals surface area contributed by atoms with E-state index in [-0.39, 0.29) is 11.5 Å². The molecule has 0 aromatic heterocycles. The molecule has 1 aliphatic rings. The van der Waals surface area contributed by atoms with Gasteiger partial charge in [0.2, 0.25) is 0 Å². The fourth-order valence-corrected chi connectivity index (χ4v) is 2.86. The van der Waals surface area contributed by atoms with Crippen LogP contribution in [0.2, 0.25) is 0 Å². The summed E-state index contributed by atoms with van der Waals surface area (Å²) >= 11 is 0. The topological polar surface area (TPSA) is 29.5 Å². The minimum atomic E-state index is -0.307. The van der Waals surface area contributed by atoms with Gasteiger partial charge in [0.1, 0.15) is 5.75 Å². The quantitative estimate of drug-likeness (QED) is 0.829. The van der Waals surface area contributed by atoms with E-state index in [0.29, 0.717) is 0 Å². The predicted octanol–water partition coefficient (Wildman–Crippen LogP) is 3.35. The first-order valence-corrected chi connectivity index (χ1v) is 6.50. The predicted molar refractivity (Wildman–Crippen MR) is 73.8 cm³/mol. The monoisotopic (exact) mass is 246 g/mol. The largest absolute Gasteiger partial charge is 0.496 e. The van der Waals surface area contributed by atoms with Gasteiger partial charge in [-0.15, -0.1) is 0 Å². The van der Waals surface area contributed by atoms with Crippen LogP contribution >= 0.6 is 0 Å². The first kappa shape index (κ1) is 13.2. The fourth-order valence-electron chi connectivity index (χ4n) is 2.86. The Balaban J connectivity index is 2.18. The Bertz CT molecular complexity index is 446. The van der Waals surface area contributed by atoms with Gasteiger partial charge in [-0.05, 0) is 36.3 Å². The standard InChI is InChI=1S/C16H22O2/c1-16(2)10-12(9-14(17)11-16)8-13-6-4-5-7-15(13)18-3/h4-7,9,14,17H,8,10-11H2,1-3H3. The van der Waals surface area contributed by atoms with E-state index in [1.807, 2.05) is 24.3 Å². The molecule has 0 amide bonds. The number of hydrogen-bond acceptors (Lipinski definition) is 2. The highest BCUT2D eigenvalue weighted by Gasteiger charge is 2.27. The summed E-state index contributed by atoms with van der Waals surface area (Å²) in [5.74, 6) is 0.927. The third-order valence-corrected chi connectivity index (χ3v) is 3.51. The number of para-hydroxylation sites is 1. The van der Waals surface area contributed by atoms with E-state index in [1.165, 1.54) is 11.1 Å². The Morgan fingerprint density at radius 3 is 2.72 bits per heavy atom. The molecule has 0 saturated heterocycles. The molecule has 18 heavy (non-hydrogen) atoms. The van der Waals surface area contributed by atoms with Gasteiger partial charge in [-0.2, -0.15) is 0 Å². The molecule has 2 heteroatoms. The summed E-state index contributed by atoms with van der Waals surface area (Å²) in [6.07, 6.45) is 4.46. The van der Waals surface area contributed by atoms with Crippen LogP contribution in [0.5, 0.6) is 5.75 Å². The van der Waals surface area contributed by atoms with Crippen LogP contribution in [0.25, 0.3) is 0 Å². The smallest absolute Gasteiger partial charge is 0.122 e. The fraction of sp³-hybridized carbons (Fsp3) is 0.500. The number of ether oxygens (including phenoxy) is 1. The van der Waals surface area contributed by atoms with Crippen molar-refractivity contribution >= 4 is 0 Å². The number of hydrogen-bond donors (Lipinski definition) is 1. The van der Waals surface area contributed by atoms with E-state index in [1.54, 1.807) is 7.11 Å². The molecule has 0 saturated carbocycles. The Kier molecular flexibility index (Phi) is 3.76. The molecular formula is C16H22O2. The van der Waals surface area contributed by atoms with Crippen molar-refractivity contribution in [2.75, 3.05) is 7.11 Å². The van der Waals surface area contributed by atoms with Crippen LogP contribution in [-0.2, 0) is 6.42 Å². The van der Waals surface area contributed by atoms with Crippen molar-refractivity contribution in [1.29, 1.82) is 0 Å². The van der Waals surface area contributed by atoms with E-state index < -0.39 is 0 Å². The van der Waals surface area contributed by atoms with Crippen LogP contribution in [0, 0.1) is 5.41 Å². The van der Waals surface area contributed by atoms with Gasteiger partial charge in [0, 0.05) is 0 Å². The normalized spacial score (nSPS) is 22.4. The lowest BCUT2D eigenvalue weighted by molar-refractivity contribution is 0.138. The van der Waals surface area contributed by atoms with Crippen molar-refractivity contribution in [3.05, 3.63) is 41.5 Å². The first-order chi connectivity index (χ1) is 8.50. The molecule has 1 aliphatic carbocycles. The van der Waals surface area contributed by atoms with E-state index in [2.05, 4.69) is 19.9 Å². The summed E-state index contributed by atoms with van der Waals surface area (Å²) < 4.78 is 5.38. The van der Waals surface area contributed by atoms with Gasteiger partial charge < -0.3 is 9.84 Å². The minimum Gasteiger partial charge on any atom is -0.496 e. The summed E-state index contributed by atoms with van der Waals surface area (Å²) in [6, 6.07) is 8.09. The zero-order valence-electron chi connectivity index (χ0n) is 11.4. The molecule has 0 fully saturated rings. The average molecular weight is 246 g/mol. The van der Waals surface area contributed by atoms with E-state index in [0.717, 1.165) is 25.0 Å². The molecule has 1 atom stereocenters. The molecule has 98 valence electrons. The van der Waals surface area contributed by atoms with Crippen molar-refractivity contribution in [2.24, 2.45) is 5.41 Å². The van der Waals surface area contributed by atoms with Crippen molar-refractivity contribution in [3.8, 4) is 5.75 Å². The molecule has 2 rings (SSSR count). The van der Waals surface area contributed by atoms with Gasteiger partial charge in [-0.25, -0.2) is 0 Å². The maximum atomic E-state index is 9.91. The lowest BCUT2D eigenvalue weighted by Crippen LogP contribution is -2.25.